The van der Waals surface area contributed by atoms with E-state index >= 15 is 0 Å². The molecule has 3 aromatic rings. The molecule has 1 amide bonds. The van der Waals surface area contributed by atoms with E-state index in [1.165, 1.54) is 11.8 Å². The molecule has 0 spiro atoms. The van der Waals surface area contributed by atoms with Gasteiger partial charge in [0.15, 0.2) is 6.61 Å². The molecule has 0 saturated heterocycles. The largest absolute Gasteiger partial charge is 0.460 e. The second-order valence-corrected chi connectivity index (χ2v) is 8.35. The van der Waals surface area contributed by atoms with E-state index in [9.17, 15) is 18.0 Å². The summed E-state index contributed by atoms with van der Waals surface area (Å²) in [7, 11) is 1.99. The number of para-hydroxylation sites is 1. The third-order valence-corrected chi connectivity index (χ3v) is 6.19. The summed E-state index contributed by atoms with van der Waals surface area (Å²) in [6, 6.07) is 7.76. The second-order valence-electron chi connectivity index (χ2n) is 7.32. The van der Waals surface area contributed by atoms with Gasteiger partial charge in [0, 0.05) is 36.3 Å². The quantitative estimate of drug-likeness (QED) is 0.633. The molecule has 1 saturated carbocycles. The van der Waals surface area contributed by atoms with Gasteiger partial charge in [0.25, 0.3) is 5.19 Å². The van der Waals surface area contributed by atoms with E-state index in [-0.39, 0.29) is 29.0 Å². The van der Waals surface area contributed by atoms with Crippen molar-refractivity contribution in [1.82, 2.24) is 14.9 Å². The number of benzene rings is 1. The van der Waals surface area contributed by atoms with Crippen molar-refractivity contribution < 1.29 is 22.7 Å². The number of aromatic nitrogens is 2. The Hall–Kier alpha value is -2.55. The SMILES string of the molecule is CC(NC(=O)C1CC1c1cn(C)c2ccccc12)c1cnc(OCC(F)(F)F)s1. The van der Waals surface area contributed by atoms with Crippen LogP contribution in [0.4, 0.5) is 13.2 Å². The number of fused-ring (bicyclic) bond motifs is 1. The summed E-state index contributed by atoms with van der Waals surface area (Å²) in [5.74, 6) is 0.0270. The van der Waals surface area contributed by atoms with Gasteiger partial charge < -0.3 is 14.6 Å². The first-order valence-corrected chi connectivity index (χ1v) is 10.0. The third kappa shape index (κ3) is 4.24. The third-order valence-electron chi connectivity index (χ3n) is 5.10. The van der Waals surface area contributed by atoms with Gasteiger partial charge in [-0.05, 0) is 30.9 Å². The maximum Gasteiger partial charge on any atom is 0.422 e. The number of alkyl halides is 3. The minimum Gasteiger partial charge on any atom is -0.460 e. The fourth-order valence-electron chi connectivity index (χ4n) is 3.57. The molecule has 1 N–H and O–H groups in total. The number of thiazole rings is 1. The number of halogens is 3. The Morgan fingerprint density at radius 1 is 1.41 bits per heavy atom. The molecule has 0 radical (unpaired) electrons. The van der Waals surface area contributed by atoms with Crippen LogP contribution in [0.25, 0.3) is 10.9 Å². The molecule has 1 aliphatic rings. The average molecular weight is 423 g/mol. The standard InChI is InChI=1S/C20H20F3N3O2S/c1-11(17-8-24-19(29-17)28-10-20(21,22)23)25-18(27)14-7-13(14)15-9-26(2)16-6-4-3-5-12(15)16/h3-6,8-9,11,13-14H,7,10H2,1-2H3,(H,25,27). The van der Waals surface area contributed by atoms with E-state index in [0.29, 0.717) is 4.88 Å². The summed E-state index contributed by atoms with van der Waals surface area (Å²) in [5.41, 5.74) is 2.31. The number of nitrogens with one attached hydrogen (secondary N) is 1. The molecule has 1 aromatic carbocycles. The molecular weight excluding hydrogens is 403 g/mol. The van der Waals surface area contributed by atoms with Crippen molar-refractivity contribution in [1.29, 1.82) is 0 Å². The zero-order valence-electron chi connectivity index (χ0n) is 15.9. The number of rotatable bonds is 6. The van der Waals surface area contributed by atoms with Gasteiger partial charge >= 0.3 is 6.18 Å². The van der Waals surface area contributed by atoms with Gasteiger partial charge in [0.05, 0.1) is 10.9 Å². The van der Waals surface area contributed by atoms with Crippen LogP contribution in [0.15, 0.2) is 36.7 Å². The molecular formula is C20H20F3N3O2S. The van der Waals surface area contributed by atoms with Gasteiger partial charge in [-0.25, -0.2) is 4.98 Å². The first-order chi connectivity index (χ1) is 13.7. The summed E-state index contributed by atoms with van der Waals surface area (Å²) in [5, 5.41) is 4.05. The second kappa shape index (κ2) is 7.37. The molecule has 1 fully saturated rings. The van der Waals surface area contributed by atoms with E-state index in [0.717, 1.165) is 28.7 Å². The summed E-state index contributed by atoms with van der Waals surface area (Å²) in [6.45, 7) is 0.406. The number of carbonyl (C=O) groups is 1. The minimum atomic E-state index is -4.41. The van der Waals surface area contributed by atoms with E-state index in [4.69, 9.17) is 0 Å². The van der Waals surface area contributed by atoms with Gasteiger partial charge in [0.1, 0.15) is 0 Å². The predicted molar refractivity (Wildman–Crippen MR) is 104 cm³/mol. The molecule has 5 nitrogen and oxygen atoms in total. The molecule has 2 aromatic heterocycles. The van der Waals surface area contributed by atoms with Crippen LogP contribution >= 0.6 is 11.3 Å². The molecule has 154 valence electrons. The van der Waals surface area contributed by atoms with Gasteiger partial charge in [-0.2, -0.15) is 13.2 Å². The zero-order chi connectivity index (χ0) is 20.8. The molecule has 2 heterocycles. The van der Waals surface area contributed by atoms with E-state index in [2.05, 4.69) is 37.9 Å². The number of carbonyl (C=O) groups excluding carboxylic acids is 1. The Balaban J connectivity index is 1.37. The smallest absolute Gasteiger partial charge is 0.422 e. The number of hydrogen-bond donors (Lipinski definition) is 1. The lowest BCUT2D eigenvalue weighted by Crippen LogP contribution is -2.27. The highest BCUT2D eigenvalue weighted by molar-refractivity contribution is 7.13. The van der Waals surface area contributed by atoms with Gasteiger partial charge in [-0.1, -0.05) is 29.5 Å². The van der Waals surface area contributed by atoms with Crippen LogP contribution < -0.4 is 10.1 Å². The van der Waals surface area contributed by atoms with Gasteiger partial charge in [-0.3, -0.25) is 4.79 Å². The first kappa shape index (κ1) is 19.8. The van der Waals surface area contributed by atoms with Crippen LogP contribution in [-0.2, 0) is 11.8 Å². The monoisotopic (exact) mass is 423 g/mol. The molecule has 0 aliphatic heterocycles. The maximum absolute atomic E-state index is 12.7. The number of nitrogens with zero attached hydrogens (tertiary/aromatic N) is 2. The molecule has 0 bridgehead atoms. The summed E-state index contributed by atoms with van der Waals surface area (Å²) in [6.07, 6.45) is -0.0979. The number of hydrogen-bond acceptors (Lipinski definition) is 4. The molecule has 4 rings (SSSR count). The highest BCUT2D eigenvalue weighted by Gasteiger charge is 2.45. The van der Waals surface area contributed by atoms with Crippen molar-refractivity contribution in [3.8, 4) is 5.19 Å². The molecule has 9 heteroatoms. The van der Waals surface area contributed by atoms with Crippen molar-refractivity contribution in [3.63, 3.8) is 0 Å². The molecule has 1 aliphatic carbocycles. The van der Waals surface area contributed by atoms with Crippen molar-refractivity contribution >= 4 is 28.1 Å². The van der Waals surface area contributed by atoms with Crippen molar-refractivity contribution in [2.24, 2.45) is 13.0 Å². The van der Waals surface area contributed by atoms with Gasteiger partial charge in [0.2, 0.25) is 5.91 Å². The van der Waals surface area contributed by atoms with Crippen LogP contribution in [-0.4, -0.2) is 28.2 Å². The summed E-state index contributed by atoms with van der Waals surface area (Å²) in [4.78, 5) is 17.2. The van der Waals surface area contributed by atoms with Crippen LogP contribution in [0.1, 0.15) is 35.7 Å². The fraction of sp³-hybridized carbons (Fsp3) is 0.400. The number of aryl methyl sites for hydroxylation is 1. The molecule has 3 atom stereocenters. The lowest BCUT2D eigenvalue weighted by atomic mass is 10.1. The van der Waals surface area contributed by atoms with Crippen LogP contribution in [0.2, 0.25) is 0 Å². The molecule has 29 heavy (non-hydrogen) atoms. The van der Waals surface area contributed by atoms with Crippen molar-refractivity contribution in [2.75, 3.05) is 6.61 Å². The lowest BCUT2D eigenvalue weighted by Gasteiger charge is -2.11. The van der Waals surface area contributed by atoms with E-state index in [1.54, 1.807) is 6.92 Å². The topological polar surface area (TPSA) is 56.2 Å². The summed E-state index contributed by atoms with van der Waals surface area (Å²) >= 11 is 1.01. The normalized spacial score (nSPS) is 19.9. The van der Waals surface area contributed by atoms with Crippen molar-refractivity contribution in [3.05, 3.63) is 47.1 Å². The fourth-order valence-corrected chi connectivity index (χ4v) is 4.33. The zero-order valence-corrected chi connectivity index (χ0v) is 16.7. The number of amides is 1. The van der Waals surface area contributed by atoms with E-state index in [1.807, 2.05) is 19.2 Å². The Bertz CT molecular complexity index is 1040. The van der Waals surface area contributed by atoms with Crippen molar-refractivity contribution in [2.45, 2.75) is 31.5 Å². The minimum absolute atomic E-state index is 0.0541. The van der Waals surface area contributed by atoms with Crippen LogP contribution in [0, 0.1) is 5.92 Å². The Morgan fingerprint density at radius 2 is 2.17 bits per heavy atom. The average Bonchev–Trinajstić information content (AvgIpc) is 3.19. The Labute approximate surface area is 169 Å². The summed E-state index contributed by atoms with van der Waals surface area (Å²) < 4.78 is 43.5. The van der Waals surface area contributed by atoms with Gasteiger partial charge in [-0.15, -0.1) is 0 Å². The maximum atomic E-state index is 12.7. The molecule has 3 unspecified atom stereocenters. The predicted octanol–water partition coefficient (Wildman–Crippen LogP) is 4.56. The lowest BCUT2D eigenvalue weighted by molar-refractivity contribution is -0.153. The highest BCUT2D eigenvalue weighted by atomic mass is 32.1. The Kier molecular flexibility index (Phi) is 5.02. The first-order valence-electron chi connectivity index (χ1n) is 9.22. The van der Waals surface area contributed by atoms with E-state index < -0.39 is 12.8 Å². The van der Waals surface area contributed by atoms with Crippen LogP contribution in [0.3, 0.4) is 0 Å². The highest BCUT2D eigenvalue weighted by Crippen LogP contribution is 2.50. The number of ether oxygens (including phenoxy) is 1. The Morgan fingerprint density at radius 3 is 2.93 bits per heavy atom. The van der Waals surface area contributed by atoms with Crippen LogP contribution in [0.5, 0.6) is 5.19 Å².